The Bertz CT molecular complexity index is 578. The molecule has 6 nitrogen and oxygen atoms in total. The molecule has 1 aliphatic rings. The van der Waals surface area contributed by atoms with Gasteiger partial charge in [-0.25, -0.2) is 0 Å². The molecule has 0 heterocycles. The molecular formula is C16H24ClN3O3. The molecule has 1 aromatic rings. The van der Waals surface area contributed by atoms with Crippen LogP contribution >= 0.6 is 12.4 Å². The van der Waals surface area contributed by atoms with E-state index in [0.717, 1.165) is 12.8 Å². The van der Waals surface area contributed by atoms with Crippen LogP contribution in [0.5, 0.6) is 5.75 Å². The Labute approximate surface area is 142 Å². The van der Waals surface area contributed by atoms with E-state index in [9.17, 15) is 9.59 Å². The predicted molar refractivity (Wildman–Crippen MR) is 92.2 cm³/mol. The molecule has 0 aliphatic heterocycles. The summed E-state index contributed by atoms with van der Waals surface area (Å²) < 4.78 is 5.29. The van der Waals surface area contributed by atoms with Crippen LogP contribution in [-0.4, -0.2) is 44.0 Å². The summed E-state index contributed by atoms with van der Waals surface area (Å²) in [6.07, 6.45) is 2.41. The topological polar surface area (TPSA) is 84.7 Å². The number of methoxy groups -OCH3 is 1. The highest BCUT2D eigenvalue weighted by Crippen LogP contribution is 2.29. The van der Waals surface area contributed by atoms with Gasteiger partial charge < -0.3 is 20.7 Å². The summed E-state index contributed by atoms with van der Waals surface area (Å²) in [4.78, 5) is 25.7. The molecule has 2 unspecified atom stereocenters. The van der Waals surface area contributed by atoms with Gasteiger partial charge in [-0.2, -0.15) is 0 Å². The van der Waals surface area contributed by atoms with E-state index in [-0.39, 0.29) is 36.2 Å². The third kappa shape index (κ3) is 4.59. The minimum atomic E-state index is -0.113. The number of anilines is 1. The molecule has 128 valence electrons. The van der Waals surface area contributed by atoms with Crippen LogP contribution in [0.25, 0.3) is 0 Å². The van der Waals surface area contributed by atoms with Crippen molar-refractivity contribution < 1.29 is 14.3 Å². The van der Waals surface area contributed by atoms with Crippen LogP contribution in [0.4, 0.5) is 5.69 Å². The summed E-state index contributed by atoms with van der Waals surface area (Å²) in [6.45, 7) is 0. The van der Waals surface area contributed by atoms with Gasteiger partial charge in [-0.05, 0) is 37.5 Å². The standard InChI is InChI=1S/C16H23N3O3.ClH/c1-19(2)16(21)11-5-7-13(14(9-11)22-3)18-15(20)10-4-6-12(17)8-10;/h5,7,9-10,12H,4,6,8,17H2,1-3H3,(H,18,20);1H. The second-order valence-electron chi connectivity index (χ2n) is 5.87. The van der Waals surface area contributed by atoms with E-state index < -0.39 is 0 Å². The predicted octanol–water partition coefficient (Wildman–Crippen LogP) is 1.88. The summed E-state index contributed by atoms with van der Waals surface area (Å²) in [6, 6.07) is 5.12. The monoisotopic (exact) mass is 341 g/mol. The Kier molecular flexibility index (Phi) is 6.84. The van der Waals surface area contributed by atoms with E-state index >= 15 is 0 Å². The van der Waals surface area contributed by atoms with Crippen LogP contribution < -0.4 is 15.8 Å². The molecule has 0 aromatic heterocycles. The van der Waals surface area contributed by atoms with Gasteiger partial charge in [0.1, 0.15) is 5.75 Å². The van der Waals surface area contributed by atoms with Crippen LogP contribution in [-0.2, 0) is 4.79 Å². The molecule has 2 atom stereocenters. The largest absolute Gasteiger partial charge is 0.495 e. The third-order valence-electron chi connectivity index (χ3n) is 3.96. The number of carbonyl (C=O) groups excluding carboxylic acids is 2. The number of amides is 2. The fraction of sp³-hybridized carbons (Fsp3) is 0.500. The van der Waals surface area contributed by atoms with E-state index in [0.29, 0.717) is 23.4 Å². The maximum absolute atomic E-state index is 12.3. The van der Waals surface area contributed by atoms with Gasteiger partial charge in [0.05, 0.1) is 12.8 Å². The second kappa shape index (κ2) is 8.17. The van der Waals surface area contributed by atoms with Gasteiger partial charge in [-0.15, -0.1) is 12.4 Å². The molecule has 1 saturated carbocycles. The second-order valence-corrected chi connectivity index (χ2v) is 5.87. The molecular weight excluding hydrogens is 318 g/mol. The number of benzene rings is 1. The fourth-order valence-corrected chi connectivity index (χ4v) is 2.68. The Morgan fingerprint density at radius 2 is 2.00 bits per heavy atom. The number of carbonyl (C=O) groups is 2. The normalized spacial score (nSPS) is 19.7. The van der Waals surface area contributed by atoms with Gasteiger partial charge in [0.15, 0.2) is 0 Å². The molecule has 3 N–H and O–H groups in total. The third-order valence-corrected chi connectivity index (χ3v) is 3.96. The molecule has 23 heavy (non-hydrogen) atoms. The van der Waals surface area contributed by atoms with Gasteiger partial charge in [-0.3, -0.25) is 9.59 Å². The molecule has 2 rings (SSSR count). The quantitative estimate of drug-likeness (QED) is 0.875. The molecule has 1 aliphatic carbocycles. The number of hydrogen-bond donors (Lipinski definition) is 2. The van der Waals surface area contributed by atoms with Gasteiger partial charge in [0, 0.05) is 31.6 Å². The zero-order chi connectivity index (χ0) is 16.3. The van der Waals surface area contributed by atoms with Gasteiger partial charge in [-0.1, -0.05) is 0 Å². The summed E-state index contributed by atoms with van der Waals surface area (Å²) in [7, 11) is 4.89. The Hall–Kier alpha value is -1.79. The highest BCUT2D eigenvalue weighted by Gasteiger charge is 2.28. The lowest BCUT2D eigenvalue weighted by atomic mass is 10.1. The van der Waals surface area contributed by atoms with Crippen LogP contribution in [0.15, 0.2) is 18.2 Å². The van der Waals surface area contributed by atoms with Gasteiger partial charge in [0.2, 0.25) is 5.91 Å². The molecule has 1 fully saturated rings. The molecule has 1 aromatic carbocycles. The van der Waals surface area contributed by atoms with Crippen molar-refractivity contribution in [1.82, 2.24) is 4.90 Å². The fourth-order valence-electron chi connectivity index (χ4n) is 2.68. The van der Waals surface area contributed by atoms with Crippen molar-refractivity contribution in [3.05, 3.63) is 23.8 Å². The molecule has 0 bridgehead atoms. The molecule has 0 saturated heterocycles. The molecule has 7 heteroatoms. The van der Waals surface area contributed by atoms with E-state index in [4.69, 9.17) is 10.5 Å². The number of halogens is 1. The SMILES string of the molecule is COc1cc(C(=O)N(C)C)ccc1NC(=O)C1CCC(N)C1.Cl. The maximum atomic E-state index is 12.3. The lowest BCUT2D eigenvalue weighted by Gasteiger charge is -2.16. The first-order valence-corrected chi connectivity index (χ1v) is 7.38. The van der Waals surface area contributed by atoms with Crippen LogP contribution in [0.1, 0.15) is 29.6 Å². The highest BCUT2D eigenvalue weighted by molar-refractivity contribution is 5.97. The number of nitrogens with one attached hydrogen (secondary N) is 1. The first-order chi connectivity index (χ1) is 10.4. The lowest BCUT2D eigenvalue weighted by Crippen LogP contribution is -2.24. The van der Waals surface area contributed by atoms with Crippen molar-refractivity contribution in [3.63, 3.8) is 0 Å². The van der Waals surface area contributed by atoms with Crippen molar-refractivity contribution >= 4 is 29.9 Å². The van der Waals surface area contributed by atoms with Crippen LogP contribution in [0, 0.1) is 5.92 Å². The smallest absolute Gasteiger partial charge is 0.253 e. The van der Waals surface area contributed by atoms with E-state index in [1.54, 1.807) is 32.3 Å². The first-order valence-electron chi connectivity index (χ1n) is 7.38. The van der Waals surface area contributed by atoms with Crippen molar-refractivity contribution in [2.75, 3.05) is 26.5 Å². The average Bonchev–Trinajstić information content (AvgIpc) is 2.93. The number of hydrogen-bond acceptors (Lipinski definition) is 4. The van der Waals surface area contributed by atoms with E-state index in [2.05, 4.69) is 5.32 Å². The van der Waals surface area contributed by atoms with Crippen molar-refractivity contribution in [3.8, 4) is 5.75 Å². The molecule has 0 radical (unpaired) electrons. The first kappa shape index (κ1) is 19.3. The molecule has 2 amide bonds. The Balaban J connectivity index is 0.00000264. The lowest BCUT2D eigenvalue weighted by molar-refractivity contribution is -0.119. The minimum Gasteiger partial charge on any atom is -0.495 e. The van der Waals surface area contributed by atoms with E-state index in [1.807, 2.05) is 0 Å². The van der Waals surface area contributed by atoms with Gasteiger partial charge >= 0.3 is 0 Å². The highest BCUT2D eigenvalue weighted by atomic mass is 35.5. The van der Waals surface area contributed by atoms with Crippen LogP contribution in [0.3, 0.4) is 0 Å². The Morgan fingerprint density at radius 1 is 1.30 bits per heavy atom. The summed E-state index contributed by atoms with van der Waals surface area (Å²) in [5.74, 6) is 0.266. The zero-order valence-corrected chi connectivity index (χ0v) is 14.5. The van der Waals surface area contributed by atoms with Gasteiger partial charge in [0.25, 0.3) is 5.91 Å². The number of nitrogens with zero attached hydrogens (tertiary/aromatic N) is 1. The minimum absolute atomic E-state index is 0. The van der Waals surface area contributed by atoms with Crippen LogP contribution in [0.2, 0.25) is 0 Å². The van der Waals surface area contributed by atoms with Crippen molar-refractivity contribution in [2.24, 2.45) is 11.7 Å². The number of ether oxygens (including phenoxy) is 1. The summed E-state index contributed by atoms with van der Waals surface area (Å²) >= 11 is 0. The number of rotatable bonds is 4. The van der Waals surface area contributed by atoms with Crippen molar-refractivity contribution in [1.29, 1.82) is 0 Å². The maximum Gasteiger partial charge on any atom is 0.253 e. The van der Waals surface area contributed by atoms with Crippen molar-refractivity contribution in [2.45, 2.75) is 25.3 Å². The Morgan fingerprint density at radius 3 is 2.52 bits per heavy atom. The number of nitrogens with two attached hydrogens (primary N) is 1. The molecule has 0 spiro atoms. The van der Waals surface area contributed by atoms with E-state index in [1.165, 1.54) is 12.0 Å². The zero-order valence-electron chi connectivity index (χ0n) is 13.7. The summed E-state index contributed by atoms with van der Waals surface area (Å²) in [5, 5.41) is 2.87. The average molecular weight is 342 g/mol. The summed E-state index contributed by atoms with van der Waals surface area (Å²) in [5.41, 5.74) is 6.94.